The van der Waals surface area contributed by atoms with E-state index in [1.807, 2.05) is 65.4 Å². The summed E-state index contributed by atoms with van der Waals surface area (Å²) in [6.45, 7) is 0. The second-order valence-electron chi connectivity index (χ2n) is 6.34. The van der Waals surface area contributed by atoms with Crippen LogP contribution in [0.5, 0.6) is 0 Å². The highest BCUT2D eigenvalue weighted by Crippen LogP contribution is 2.27. The number of benzene rings is 2. The number of carbonyl (C=O) groups is 2. The number of amides is 2. The third kappa shape index (κ3) is 5.95. The molecule has 0 bridgehead atoms. The van der Waals surface area contributed by atoms with Gasteiger partial charge in [-0.1, -0.05) is 35.9 Å². The smallest absolute Gasteiger partial charge is 0.265 e. The number of rotatable bonds is 7. The minimum Gasteiger partial charge on any atom is -0.321 e. The Bertz CT molecular complexity index is 1190. The van der Waals surface area contributed by atoms with E-state index in [-0.39, 0.29) is 17.6 Å². The zero-order chi connectivity index (χ0) is 21.6. The van der Waals surface area contributed by atoms with Crippen molar-refractivity contribution in [2.75, 3.05) is 16.4 Å². The average Bonchev–Trinajstić information content (AvgIpc) is 3.46. The first-order chi connectivity index (χ1) is 15.1. The molecule has 9 heteroatoms. The number of nitrogens with one attached hydrogen (secondary N) is 2. The molecule has 0 saturated carbocycles. The van der Waals surface area contributed by atoms with E-state index < -0.39 is 0 Å². The molecule has 0 aliphatic rings. The second kappa shape index (κ2) is 10.1. The van der Waals surface area contributed by atoms with Crippen LogP contribution in [0, 0.1) is 0 Å². The molecule has 2 amide bonds. The summed E-state index contributed by atoms with van der Waals surface area (Å²) < 4.78 is 0. The van der Waals surface area contributed by atoms with Gasteiger partial charge in [0.2, 0.25) is 5.91 Å². The van der Waals surface area contributed by atoms with Crippen molar-refractivity contribution in [1.82, 2.24) is 4.98 Å². The number of halogens is 1. The summed E-state index contributed by atoms with van der Waals surface area (Å²) in [5.74, 6) is -0.0526. The largest absolute Gasteiger partial charge is 0.321 e. The van der Waals surface area contributed by atoms with E-state index in [1.54, 1.807) is 6.07 Å². The van der Waals surface area contributed by atoms with Crippen molar-refractivity contribution >= 4 is 68.7 Å². The quantitative estimate of drug-likeness (QED) is 0.293. The van der Waals surface area contributed by atoms with E-state index in [2.05, 4.69) is 15.6 Å². The van der Waals surface area contributed by atoms with Gasteiger partial charge in [-0.05, 0) is 41.8 Å². The van der Waals surface area contributed by atoms with Gasteiger partial charge in [-0.25, -0.2) is 4.98 Å². The van der Waals surface area contributed by atoms with Gasteiger partial charge in [-0.15, -0.1) is 34.4 Å². The molecule has 0 atom stereocenters. The minimum absolute atomic E-state index is 0.143. The Morgan fingerprint density at radius 3 is 2.61 bits per heavy atom. The lowest BCUT2D eigenvalue weighted by molar-refractivity contribution is -0.113. The van der Waals surface area contributed by atoms with E-state index in [4.69, 9.17) is 11.6 Å². The molecule has 156 valence electrons. The van der Waals surface area contributed by atoms with Crippen molar-refractivity contribution < 1.29 is 9.59 Å². The molecule has 2 N–H and O–H groups in total. The zero-order valence-electron chi connectivity index (χ0n) is 16.0. The maximum absolute atomic E-state index is 12.3. The van der Waals surface area contributed by atoms with Crippen molar-refractivity contribution in [3.63, 3.8) is 0 Å². The van der Waals surface area contributed by atoms with Crippen LogP contribution in [0.15, 0.2) is 76.3 Å². The van der Waals surface area contributed by atoms with Crippen LogP contribution in [0.2, 0.25) is 5.02 Å². The van der Waals surface area contributed by atoms with Gasteiger partial charge in [0.15, 0.2) is 5.13 Å². The van der Waals surface area contributed by atoms with E-state index in [0.717, 1.165) is 16.2 Å². The Balaban J connectivity index is 1.31. The number of anilines is 2. The first-order valence-electron chi connectivity index (χ1n) is 9.16. The first-order valence-corrected chi connectivity index (χ1v) is 12.3. The topological polar surface area (TPSA) is 71.1 Å². The fourth-order valence-corrected chi connectivity index (χ4v) is 4.89. The Hall–Kier alpha value is -2.65. The molecule has 0 saturated heterocycles. The first kappa shape index (κ1) is 21.6. The van der Waals surface area contributed by atoms with Crippen molar-refractivity contribution in [3.05, 3.63) is 81.3 Å². The van der Waals surface area contributed by atoms with E-state index in [1.165, 1.54) is 34.4 Å². The van der Waals surface area contributed by atoms with E-state index >= 15 is 0 Å². The Morgan fingerprint density at radius 2 is 1.84 bits per heavy atom. The van der Waals surface area contributed by atoms with Crippen molar-refractivity contribution in [1.29, 1.82) is 0 Å². The summed E-state index contributed by atoms with van der Waals surface area (Å²) in [5, 5.41) is 10.7. The molecule has 2 heterocycles. The van der Waals surface area contributed by atoms with Crippen molar-refractivity contribution in [3.8, 4) is 11.3 Å². The number of hydrogen-bond donors (Lipinski definition) is 2. The van der Waals surface area contributed by atoms with Crippen molar-refractivity contribution in [2.24, 2.45) is 0 Å². The summed E-state index contributed by atoms with van der Waals surface area (Å²) in [6, 6.07) is 18.4. The maximum atomic E-state index is 12.3. The molecule has 4 aromatic rings. The maximum Gasteiger partial charge on any atom is 0.265 e. The number of aromatic nitrogens is 1. The van der Waals surface area contributed by atoms with Crippen LogP contribution in [-0.2, 0) is 4.79 Å². The Kier molecular flexibility index (Phi) is 7.03. The van der Waals surface area contributed by atoms with Crippen LogP contribution in [0.25, 0.3) is 11.3 Å². The molecule has 31 heavy (non-hydrogen) atoms. The average molecular weight is 486 g/mol. The summed E-state index contributed by atoms with van der Waals surface area (Å²) in [4.78, 5) is 30.5. The highest BCUT2D eigenvalue weighted by Gasteiger charge is 2.10. The van der Waals surface area contributed by atoms with E-state index in [0.29, 0.717) is 20.7 Å². The summed E-state index contributed by atoms with van der Waals surface area (Å²) >= 11 is 10.1. The molecular formula is C22H16ClN3O2S3. The highest BCUT2D eigenvalue weighted by atomic mass is 35.5. The van der Waals surface area contributed by atoms with Crippen LogP contribution in [0.1, 0.15) is 9.67 Å². The van der Waals surface area contributed by atoms with Crippen LogP contribution >= 0.6 is 46.0 Å². The molecule has 4 rings (SSSR count). The third-order valence-electron chi connectivity index (χ3n) is 4.10. The van der Waals surface area contributed by atoms with Gasteiger partial charge in [0.25, 0.3) is 5.91 Å². The monoisotopic (exact) mass is 485 g/mol. The van der Waals surface area contributed by atoms with Crippen LogP contribution in [-0.4, -0.2) is 22.6 Å². The number of thiazole rings is 1. The van der Waals surface area contributed by atoms with Gasteiger partial charge in [-0.3, -0.25) is 9.59 Å². The molecule has 0 fully saturated rings. The molecule has 5 nitrogen and oxygen atoms in total. The van der Waals surface area contributed by atoms with Crippen molar-refractivity contribution in [2.45, 2.75) is 4.90 Å². The SMILES string of the molecule is O=C(CSc1cccc(NC(=O)c2cccs2)c1)Nc1nc(-c2ccc(Cl)cc2)cs1. The molecule has 0 aliphatic heterocycles. The summed E-state index contributed by atoms with van der Waals surface area (Å²) in [7, 11) is 0. The lowest BCUT2D eigenvalue weighted by atomic mass is 10.2. The molecule has 2 aromatic heterocycles. The number of hydrogen-bond acceptors (Lipinski definition) is 6. The van der Waals surface area contributed by atoms with Gasteiger partial charge in [0.05, 0.1) is 16.3 Å². The Morgan fingerprint density at radius 1 is 1.00 bits per heavy atom. The fourth-order valence-electron chi connectivity index (χ4n) is 2.65. The highest BCUT2D eigenvalue weighted by molar-refractivity contribution is 8.00. The van der Waals surface area contributed by atoms with Crippen LogP contribution < -0.4 is 10.6 Å². The molecule has 0 unspecified atom stereocenters. The minimum atomic E-state index is -0.143. The molecular weight excluding hydrogens is 470 g/mol. The summed E-state index contributed by atoms with van der Waals surface area (Å²) in [6.07, 6.45) is 0. The van der Waals surface area contributed by atoms with E-state index in [9.17, 15) is 9.59 Å². The lowest BCUT2D eigenvalue weighted by Gasteiger charge is -2.06. The zero-order valence-corrected chi connectivity index (χ0v) is 19.2. The standard InChI is InChI=1S/C22H16ClN3O2S3/c23-15-8-6-14(7-9-15)18-12-31-22(25-18)26-20(27)13-30-17-4-1-3-16(11-17)24-21(28)19-5-2-10-29-19/h1-12H,13H2,(H,24,28)(H,25,26,27). The second-order valence-corrected chi connectivity index (χ2v) is 9.63. The van der Waals surface area contributed by atoms with Gasteiger partial charge in [0, 0.05) is 26.5 Å². The normalized spacial score (nSPS) is 10.6. The third-order valence-corrected chi connectivity index (χ3v) is 6.97. The van der Waals surface area contributed by atoms with Gasteiger partial charge in [0.1, 0.15) is 0 Å². The number of nitrogens with zero attached hydrogens (tertiary/aromatic N) is 1. The van der Waals surface area contributed by atoms with Crippen LogP contribution in [0.4, 0.5) is 10.8 Å². The fraction of sp³-hybridized carbons (Fsp3) is 0.0455. The van der Waals surface area contributed by atoms with Gasteiger partial charge < -0.3 is 10.6 Å². The van der Waals surface area contributed by atoms with Gasteiger partial charge in [-0.2, -0.15) is 0 Å². The van der Waals surface area contributed by atoms with Gasteiger partial charge >= 0.3 is 0 Å². The number of carbonyl (C=O) groups excluding carboxylic acids is 2. The van der Waals surface area contributed by atoms with Crippen LogP contribution in [0.3, 0.4) is 0 Å². The molecule has 2 aromatic carbocycles. The number of thiophene rings is 1. The molecule has 0 spiro atoms. The predicted octanol–water partition coefficient (Wildman–Crippen LogP) is 6.51. The predicted molar refractivity (Wildman–Crippen MR) is 131 cm³/mol. The Labute approximate surface area is 196 Å². The summed E-state index contributed by atoms with van der Waals surface area (Å²) in [5.41, 5.74) is 2.42. The molecule has 0 aliphatic carbocycles. The lowest BCUT2D eigenvalue weighted by Crippen LogP contribution is -2.13. The molecule has 0 radical (unpaired) electrons. The number of thioether (sulfide) groups is 1.